The highest BCUT2D eigenvalue weighted by Crippen LogP contribution is 2.15. The maximum atomic E-state index is 11.8. The molecule has 5 nitrogen and oxygen atoms in total. The van der Waals surface area contributed by atoms with Crippen molar-refractivity contribution >= 4 is 5.97 Å². The molecule has 0 amide bonds. The Hall–Kier alpha value is -1.43. The van der Waals surface area contributed by atoms with Gasteiger partial charge in [0, 0.05) is 13.5 Å². The van der Waals surface area contributed by atoms with E-state index in [0.717, 1.165) is 32.1 Å². The van der Waals surface area contributed by atoms with Gasteiger partial charge < -0.3 is 18.9 Å². The SMILES string of the molecule is CCC(C)OCCOC(CCCCCCCCCCCCCCC(=O)Oc1ccccc1)OC. The lowest BCUT2D eigenvalue weighted by Gasteiger charge is -2.17. The Kier molecular flexibility index (Phi) is 19.9. The predicted octanol–water partition coefficient (Wildman–Crippen LogP) is 7.86. The van der Waals surface area contributed by atoms with Crippen LogP contribution < -0.4 is 4.74 Å². The van der Waals surface area contributed by atoms with Crippen molar-refractivity contribution in [2.75, 3.05) is 20.3 Å². The molecule has 1 rings (SSSR count). The van der Waals surface area contributed by atoms with Crippen molar-refractivity contribution < 1.29 is 23.7 Å². The van der Waals surface area contributed by atoms with Crippen LogP contribution in [0.4, 0.5) is 0 Å². The molecule has 2 unspecified atom stereocenters. The Bertz CT molecular complexity index is 577. The van der Waals surface area contributed by atoms with Crippen LogP contribution in [-0.2, 0) is 19.0 Å². The monoisotopic (exact) mass is 478 g/mol. The molecule has 0 heterocycles. The molecule has 34 heavy (non-hydrogen) atoms. The molecule has 5 heteroatoms. The minimum absolute atomic E-state index is 0.102. The third-order valence-electron chi connectivity index (χ3n) is 6.17. The maximum absolute atomic E-state index is 11.8. The van der Waals surface area contributed by atoms with Gasteiger partial charge in [0.1, 0.15) is 5.75 Å². The number of carbonyl (C=O) groups is 1. The van der Waals surface area contributed by atoms with Gasteiger partial charge in [-0.05, 0) is 44.7 Å². The fraction of sp³-hybridized carbons (Fsp3) is 0.759. The summed E-state index contributed by atoms with van der Waals surface area (Å²) in [5.41, 5.74) is 0. The molecule has 196 valence electrons. The summed E-state index contributed by atoms with van der Waals surface area (Å²) in [5, 5.41) is 0. The van der Waals surface area contributed by atoms with Gasteiger partial charge in [-0.1, -0.05) is 89.3 Å². The number of unbranched alkanes of at least 4 members (excludes halogenated alkanes) is 11. The molecule has 1 aromatic carbocycles. The second-order valence-electron chi connectivity index (χ2n) is 9.19. The lowest BCUT2D eigenvalue weighted by Crippen LogP contribution is -2.20. The smallest absolute Gasteiger partial charge is 0.311 e. The first-order chi connectivity index (χ1) is 16.7. The normalized spacial score (nSPS) is 13.0. The summed E-state index contributed by atoms with van der Waals surface area (Å²) in [6.45, 7) is 5.45. The molecule has 0 aliphatic rings. The van der Waals surface area contributed by atoms with E-state index in [0.29, 0.717) is 31.5 Å². The topological polar surface area (TPSA) is 54.0 Å². The van der Waals surface area contributed by atoms with Gasteiger partial charge >= 0.3 is 5.97 Å². The molecule has 0 fully saturated rings. The maximum Gasteiger partial charge on any atom is 0.311 e. The van der Waals surface area contributed by atoms with E-state index < -0.39 is 0 Å². The van der Waals surface area contributed by atoms with Crippen molar-refractivity contribution in [1.82, 2.24) is 0 Å². The first-order valence-electron chi connectivity index (χ1n) is 13.7. The summed E-state index contributed by atoms with van der Waals surface area (Å²) in [6.07, 6.45) is 17.6. The second kappa shape index (κ2) is 22.1. The van der Waals surface area contributed by atoms with Gasteiger partial charge in [0.2, 0.25) is 0 Å². The fourth-order valence-corrected chi connectivity index (χ4v) is 3.84. The summed E-state index contributed by atoms with van der Waals surface area (Å²) < 4.78 is 22.1. The number of methoxy groups -OCH3 is 1. The molecular weight excluding hydrogens is 428 g/mol. The molecule has 0 aromatic heterocycles. The summed E-state index contributed by atoms with van der Waals surface area (Å²) in [4.78, 5) is 11.8. The van der Waals surface area contributed by atoms with Crippen LogP contribution >= 0.6 is 0 Å². The molecule has 1 aromatic rings. The largest absolute Gasteiger partial charge is 0.427 e. The average molecular weight is 479 g/mol. The van der Waals surface area contributed by atoms with Crippen molar-refractivity contribution in [1.29, 1.82) is 0 Å². The molecule has 0 aliphatic heterocycles. The van der Waals surface area contributed by atoms with Crippen LogP contribution in [0.25, 0.3) is 0 Å². The summed E-state index contributed by atoms with van der Waals surface area (Å²) in [5.74, 6) is 0.516. The van der Waals surface area contributed by atoms with Crippen LogP contribution in [0.2, 0.25) is 0 Å². The van der Waals surface area contributed by atoms with Crippen molar-refractivity contribution in [3.63, 3.8) is 0 Å². The molecule has 0 N–H and O–H groups in total. The van der Waals surface area contributed by atoms with E-state index in [1.807, 2.05) is 30.3 Å². The summed E-state index contributed by atoms with van der Waals surface area (Å²) in [7, 11) is 1.72. The molecular formula is C29H50O5. The first kappa shape index (κ1) is 30.6. The van der Waals surface area contributed by atoms with E-state index >= 15 is 0 Å². The zero-order valence-corrected chi connectivity index (χ0v) is 22.1. The Labute approximate surface area is 208 Å². The highest BCUT2D eigenvalue weighted by Gasteiger charge is 2.08. The Morgan fingerprint density at radius 3 is 1.85 bits per heavy atom. The van der Waals surface area contributed by atoms with Crippen LogP contribution in [0, 0.1) is 0 Å². The lowest BCUT2D eigenvalue weighted by atomic mass is 10.0. The van der Waals surface area contributed by atoms with E-state index in [4.69, 9.17) is 18.9 Å². The first-order valence-corrected chi connectivity index (χ1v) is 13.7. The van der Waals surface area contributed by atoms with Crippen LogP contribution in [0.5, 0.6) is 5.75 Å². The highest BCUT2D eigenvalue weighted by atomic mass is 16.7. The van der Waals surface area contributed by atoms with Gasteiger partial charge in [0.05, 0.1) is 19.3 Å². The average Bonchev–Trinajstić information content (AvgIpc) is 2.85. The van der Waals surface area contributed by atoms with Gasteiger partial charge in [-0.3, -0.25) is 4.79 Å². The van der Waals surface area contributed by atoms with Crippen LogP contribution in [0.15, 0.2) is 30.3 Å². The molecule has 0 aliphatic carbocycles. The predicted molar refractivity (Wildman–Crippen MR) is 139 cm³/mol. The number of esters is 1. The van der Waals surface area contributed by atoms with Crippen molar-refractivity contribution in [3.8, 4) is 5.75 Å². The molecule has 0 spiro atoms. The van der Waals surface area contributed by atoms with Crippen molar-refractivity contribution in [2.45, 2.75) is 123 Å². The van der Waals surface area contributed by atoms with E-state index in [2.05, 4.69) is 13.8 Å². The van der Waals surface area contributed by atoms with Gasteiger partial charge in [0.25, 0.3) is 0 Å². The number of benzene rings is 1. The minimum atomic E-state index is -0.122. The minimum Gasteiger partial charge on any atom is -0.427 e. The summed E-state index contributed by atoms with van der Waals surface area (Å²) in [6, 6.07) is 9.31. The number of hydrogen-bond acceptors (Lipinski definition) is 5. The zero-order chi connectivity index (χ0) is 24.7. The zero-order valence-electron chi connectivity index (χ0n) is 22.1. The molecule has 0 saturated carbocycles. The van der Waals surface area contributed by atoms with Gasteiger partial charge in [0.15, 0.2) is 6.29 Å². The fourth-order valence-electron chi connectivity index (χ4n) is 3.84. The molecule has 0 saturated heterocycles. The number of hydrogen-bond donors (Lipinski definition) is 0. The lowest BCUT2D eigenvalue weighted by molar-refractivity contribution is -0.141. The van der Waals surface area contributed by atoms with Crippen molar-refractivity contribution in [2.24, 2.45) is 0 Å². The Morgan fingerprint density at radius 1 is 0.765 bits per heavy atom. The van der Waals surface area contributed by atoms with Crippen LogP contribution in [0.1, 0.15) is 110 Å². The number of rotatable bonds is 23. The quantitative estimate of drug-likeness (QED) is 0.0693. The van der Waals surface area contributed by atoms with Crippen LogP contribution in [-0.4, -0.2) is 38.7 Å². The number of carbonyl (C=O) groups excluding carboxylic acids is 1. The van der Waals surface area contributed by atoms with E-state index in [1.165, 1.54) is 57.8 Å². The van der Waals surface area contributed by atoms with E-state index in [-0.39, 0.29) is 12.3 Å². The molecule has 2 atom stereocenters. The Morgan fingerprint density at radius 2 is 1.29 bits per heavy atom. The van der Waals surface area contributed by atoms with Crippen LogP contribution in [0.3, 0.4) is 0 Å². The number of ether oxygens (including phenoxy) is 4. The standard InChI is InChI=1S/C29H50O5/c1-4-26(2)32-24-25-33-29(31-3)23-19-14-12-10-8-6-5-7-9-11-13-18-22-28(30)34-27-20-16-15-17-21-27/h15-17,20-21,26,29H,4-14,18-19,22-25H2,1-3H3. The number of para-hydroxylation sites is 1. The van der Waals surface area contributed by atoms with E-state index in [9.17, 15) is 4.79 Å². The summed E-state index contributed by atoms with van der Waals surface area (Å²) >= 11 is 0. The third kappa shape index (κ3) is 18.0. The highest BCUT2D eigenvalue weighted by molar-refractivity contribution is 5.72. The Balaban J connectivity index is 1.81. The van der Waals surface area contributed by atoms with E-state index in [1.54, 1.807) is 7.11 Å². The second-order valence-corrected chi connectivity index (χ2v) is 9.19. The van der Waals surface area contributed by atoms with Gasteiger partial charge in [-0.2, -0.15) is 0 Å². The van der Waals surface area contributed by atoms with Gasteiger partial charge in [-0.15, -0.1) is 0 Å². The van der Waals surface area contributed by atoms with Crippen molar-refractivity contribution in [3.05, 3.63) is 30.3 Å². The third-order valence-corrected chi connectivity index (χ3v) is 6.17. The molecule has 0 bridgehead atoms. The van der Waals surface area contributed by atoms with Gasteiger partial charge in [-0.25, -0.2) is 0 Å². The molecule has 0 radical (unpaired) electrons.